The summed E-state index contributed by atoms with van der Waals surface area (Å²) >= 11 is 0. The fraction of sp³-hybridized carbons (Fsp3) is 0.0175. The molecule has 0 amide bonds. The van der Waals surface area contributed by atoms with Crippen LogP contribution >= 0.6 is 0 Å². The molecule has 0 aliphatic heterocycles. The van der Waals surface area contributed by atoms with E-state index < -0.39 is 41.7 Å². The van der Waals surface area contributed by atoms with Crippen LogP contribution in [0.4, 0.5) is 0 Å². The minimum atomic E-state index is -0.636. The minimum Gasteiger partial charge on any atom is -0.436 e. The van der Waals surface area contributed by atoms with Crippen molar-refractivity contribution in [2.75, 3.05) is 0 Å². The maximum Gasteiger partial charge on any atom is 0.246 e. The zero-order chi connectivity index (χ0) is 48.3. The molecule has 0 spiro atoms. The molecule has 0 N–H and O–H groups in total. The molecule has 280 valence electrons. The molecule has 9 aromatic carbocycles. The second kappa shape index (κ2) is 13.6. The highest BCUT2D eigenvalue weighted by molar-refractivity contribution is 6.18. The number of hydrogen-bond acceptors (Lipinski definition) is 3. The number of rotatable bonds is 6. The van der Waals surface area contributed by atoms with Crippen molar-refractivity contribution in [2.24, 2.45) is 0 Å². The van der Waals surface area contributed by atoms with Crippen LogP contribution in [-0.2, 0) is 5.41 Å². The average molecular weight is 775 g/mol. The van der Waals surface area contributed by atoms with Gasteiger partial charge in [-0.15, -0.1) is 0 Å². The number of nitrogens with zero attached hydrogens (tertiary/aromatic N) is 2. The van der Waals surface area contributed by atoms with Crippen molar-refractivity contribution in [2.45, 2.75) is 5.41 Å². The summed E-state index contributed by atoms with van der Waals surface area (Å²) in [6.07, 6.45) is 0. The predicted octanol–water partition coefficient (Wildman–Crippen LogP) is 14.6. The molecule has 0 saturated carbocycles. The van der Waals surface area contributed by atoms with Crippen molar-refractivity contribution >= 4 is 33.0 Å². The van der Waals surface area contributed by atoms with Crippen LogP contribution < -0.4 is 0 Å². The molecule has 0 fully saturated rings. The predicted molar refractivity (Wildman–Crippen MR) is 246 cm³/mol. The van der Waals surface area contributed by atoms with Crippen LogP contribution in [0.15, 0.2) is 223 Å². The molecule has 0 unspecified atom stereocenters. The molecule has 3 heteroatoms. The Labute approximate surface area is 362 Å². The Kier molecular flexibility index (Phi) is 5.78. The Balaban J connectivity index is 1.09. The fourth-order valence-electron chi connectivity index (χ4n) is 9.18. The van der Waals surface area contributed by atoms with Gasteiger partial charge in [0.05, 0.1) is 24.8 Å². The molecule has 1 aliphatic carbocycles. The van der Waals surface area contributed by atoms with Crippen LogP contribution in [-0.4, -0.2) is 9.97 Å². The Morgan fingerprint density at radius 2 is 0.967 bits per heavy atom. The third-order valence-electron chi connectivity index (χ3n) is 11.8. The summed E-state index contributed by atoms with van der Waals surface area (Å²) in [4.78, 5) is 10.6. The molecular weight excluding hydrogens is 729 g/mol. The van der Waals surface area contributed by atoms with E-state index in [1.54, 1.807) is 36.4 Å². The van der Waals surface area contributed by atoms with Crippen molar-refractivity contribution < 1.29 is 18.1 Å². The second-order valence-corrected chi connectivity index (χ2v) is 14.9. The van der Waals surface area contributed by atoms with Gasteiger partial charge in [-0.3, -0.25) is 0 Å². The summed E-state index contributed by atoms with van der Waals surface area (Å²) in [7, 11) is 0. The summed E-state index contributed by atoms with van der Waals surface area (Å²) < 4.78 is 91.6. The van der Waals surface area contributed by atoms with Crippen molar-refractivity contribution in [3.8, 4) is 55.9 Å². The lowest BCUT2D eigenvalue weighted by molar-refractivity contribution is 0.657. The number of aromatic nitrogens is 2. The van der Waals surface area contributed by atoms with Crippen molar-refractivity contribution in [3.63, 3.8) is 0 Å². The molecule has 0 radical (unpaired) electrons. The number of fused-ring (bicyclic) bond motifs is 8. The van der Waals surface area contributed by atoms with Crippen LogP contribution in [0.25, 0.3) is 88.9 Å². The Bertz CT molecular complexity index is 3900. The van der Waals surface area contributed by atoms with Crippen LogP contribution in [0, 0.1) is 0 Å². The van der Waals surface area contributed by atoms with Crippen molar-refractivity contribution in [1.29, 1.82) is 0 Å². The molecule has 60 heavy (non-hydrogen) atoms. The summed E-state index contributed by atoms with van der Waals surface area (Å²) in [6, 6.07) is 48.2. The van der Waals surface area contributed by atoms with Gasteiger partial charge in [-0.2, -0.15) is 0 Å². The summed E-state index contributed by atoms with van der Waals surface area (Å²) in [5, 5.41) is 1.85. The topological polar surface area (TPSA) is 38.9 Å². The number of benzene rings is 9. The molecule has 12 rings (SSSR count). The largest absolute Gasteiger partial charge is 0.436 e. The van der Waals surface area contributed by atoms with Gasteiger partial charge in [0.15, 0.2) is 0 Å². The fourth-order valence-corrected chi connectivity index (χ4v) is 9.18. The minimum absolute atomic E-state index is 0.0481. The van der Waals surface area contributed by atoms with Crippen LogP contribution in [0.3, 0.4) is 0 Å². The average Bonchev–Trinajstić information content (AvgIpc) is 3.92. The Morgan fingerprint density at radius 1 is 0.417 bits per heavy atom. The molecule has 11 aromatic rings. The molecule has 0 bridgehead atoms. The number of hydrogen-bond donors (Lipinski definition) is 0. The van der Waals surface area contributed by atoms with Gasteiger partial charge in [-0.05, 0) is 67.1 Å². The van der Waals surface area contributed by atoms with E-state index in [1.807, 2.05) is 36.4 Å². The van der Waals surface area contributed by atoms with Gasteiger partial charge in [0.2, 0.25) is 5.71 Å². The first-order valence-electron chi connectivity index (χ1n) is 24.7. The SMILES string of the molecule is [2H]c1c([2H])c([2H])c(-c2ccc(-c3nc4c(nc3-c3ccc(C5(c6ccccc6)c6ccccc6-c6ccccc65)cc3)oc3c4ccc4cccc(-c5c([2H])c([2H])c([2H])c([2H])c5[2H])c43)cc2)c([2H])c1[2H]. The summed E-state index contributed by atoms with van der Waals surface area (Å²) in [5.41, 5.74) is 10.6. The second-order valence-electron chi connectivity index (χ2n) is 14.9. The van der Waals surface area contributed by atoms with Gasteiger partial charge in [0, 0.05) is 21.9 Å². The highest BCUT2D eigenvalue weighted by atomic mass is 16.3. The van der Waals surface area contributed by atoms with Crippen LogP contribution in [0.1, 0.15) is 36.0 Å². The smallest absolute Gasteiger partial charge is 0.246 e. The first kappa shape index (κ1) is 25.5. The quantitative estimate of drug-likeness (QED) is 0.169. The van der Waals surface area contributed by atoms with E-state index >= 15 is 0 Å². The van der Waals surface area contributed by atoms with Crippen LogP contribution in [0.2, 0.25) is 0 Å². The van der Waals surface area contributed by atoms with Crippen molar-refractivity contribution in [3.05, 3.63) is 240 Å². The van der Waals surface area contributed by atoms with Crippen LogP contribution in [0.5, 0.6) is 0 Å². The third kappa shape index (κ3) is 5.16. The number of furan rings is 1. The van der Waals surface area contributed by atoms with Gasteiger partial charge in [-0.1, -0.05) is 212 Å². The van der Waals surface area contributed by atoms with Gasteiger partial charge >= 0.3 is 0 Å². The van der Waals surface area contributed by atoms with Gasteiger partial charge in [0.1, 0.15) is 16.8 Å². The van der Waals surface area contributed by atoms with Gasteiger partial charge < -0.3 is 4.42 Å². The van der Waals surface area contributed by atoms with Gasteiger partial charge in [-0.25, -0.2) is 9.97 Å². The van der Waals surface area contributed by atoms with Gasteiger partial charge in [0.25, 0.3) is 0 Å². The first-order valence-corrected chi connectivity index (χ1v) is 19.7. The molecule has 0 saturated heterocycles. The van der Waals surface area contributed by atoms with E-state index in [0.29, 0.717) is 50.0 Å². The highest BCUT2D eigenvalue weighted by Crippen LogP contribution is 2.56. The van der Waals surface area contributed by atoms with E-state index in [4.69, 9.17) is 28.1 Å². The molecule has 2 heterocycles. The summed E-state index contributed by atoms with van der Waals surface area (Å²) in [5.74, 6) is 0. The van der Waals surface area contributed by atoms with E-state index in [-0.39, 0.29) is 41.0 Å². The lowest BCUT2D eigenvalue weighted by Crippen LogP contribution is -2.28. The molecule has 1 aliphatic rings. The molecule has 2 aromatic heterocycles. The molecular formula is C57H36N2O. The maximum absolute atomic E-state index is 8.86. The maximum atomic E-state index is 8.86. The van der Waals surface area contributed by atoms with E-state index in [1.165, 1.54) is 22.3 Å². The standard InChI is InChI=1S/C57H36N2O/c1-4-15-37(16-5-1)38-27-29-41(30-28-38)52-53(59-56-54(58-52)48-36-33-40-19-14-24-45(51(40)55(48)60-56)39-17-6-2-7-18-39)42-31-34-44(35-32-42)57(43-20-8-3-9-21-43)49-25-12-10-22-46(49)47-23-11-13-26-50(47)57/h1-36H/i1D,2D,4D,5D,6D,7D,15D,16D,17D,18D. The lowest BCUT2D eigenvalue weighted by atomic mass is 9.67. The third-order valence-corrected chi connectivity index (χ3v) is 11.8. The zero-order valence-corrected chi connectivity index (χ0v) is 31.8. The monoisotopic (exact) mass is 774 g/mol. The van der Waals surface area contributed by atoms with E-state index in [2.05, 4.69) is 84.9 Å². The lowest BCUT2D eigenvalue weighted by Gasteiger charge is -2.34. The first-order chi connectivity index (χ1) is 33.9. The van der Waals surface area contributed by atoms with E-state index in [9.17, 15) is 0 Å². The normalized spacial score (nSPS) is 15.1. The Hall–Kier alpha value is -7.88. The molecule has 3 nitrogen and oxygen atoms in total. The Morgan fingerprint density at radius 3 is 1.65 bits per heavy atom. The highest BCUT2D eigenvalue weighted by Gasteiger charge is 2.45. The molecule has 0 atom stereocenters. The van der Waals surface area contributed by atoms with E-state index in [0.717, 1.165) is 22.1 Å². The summed E-state index contributed by atoms with van der Waals surface area (Å²) in [6.45, 7) is 0. The van der Waals surface area contributed by atoms with Crippen molar-refractivity contribution in [1.82, 2.24) is 9.97 Å². The zero-order valence-electron chi connectivity index (χ0n) is 41.8.